The maximum atomic E-state index is 12.1. The molecule has 0 saturated carbocycles. The number of nitro benzene ring substituents is 1. The number of benzene rings is 1. The van der Waals surface area contributed by atoms with E-state index in [1.165, 1.54) is 25.3 Å². The van der Waals surface area contributed by atoms with Crippen LogP contribution in [-0.2, 0) is 4.74 Å². The van der Waals surface area contributed by atoms with Crippen molar-refractivity contribution in [1.82, 2.24) is 5.32 Å². The van der Waals surface area contributed by atoms with Crippen molar-refractivity contribution < 1.29 is 19.2 Å². The van der Waals surface area contributed by atoms with Crippen LogP contribution in [0.3, 0.4) is 0 Å². The van der Waals surface area contributed by atoms with Gasteiger partial charge in [-0.1, -0.05) is 0 Å². The summed E-state index contributed by atoms with van der Waals surface area (Å²) in [6.07, 6.45) is 1.55. The van der Waals surface area contributed by atoms with E-state index in [1.54, 1.807) is 0 Å². The van der Waals surface area contributed by atoms with Gasteiger partial charge in [-0.05, 0) is 18.9 Å². The SMILES string of the molecule is COc1cc(C(=O)NC2CCOCC2)ccc1[N+](=O)[O-]. The molecule has 0 radical (unpaired) electrons. The number of carbonyl (C=O) groups is 1. The topological polar surface area (TPSA) is 90.7 Å². The Morgan fingerprint density at radius 3 is 2.75 bits per heavy atom. The molecule has 7 nitrogen and oxygen atoms in total. The molecule has 1 saturated heterocycles. The summed E-state index contributed by atoms with van der Waals surface area (Å²) in [7, 11) is 1.34. The molecule has 0 bridgehead atoms. The molecule has 1 aromatic carbocycles. The third-order valence-electron chi connectivity index (χ3n) is 3.20. The lowest BCUT2D eigenvalue weighted by molar-refractivity contribution is -0.385. The molecule has 1 heterocycles. The molecule has 1 aliphatic rings. The Hall–Kier alpha value is -2.15. The van der Waals surface area contributed by atoms with E-state index in [-0.39, 0.29) is 23.4 Å². The Morgan fingerprint density at radius 1 is 1.45 bits per heavy atom. The maximum absolute atomic E-state index is 12.1. The summed E-state index contributed by atoms with van der Waals surface area (Å²) in [5.41, 5.74) is 0.189. The van der Waals surface area contributed by atoms with Gasteiger partial charge in [-0.15, -0.1) is 0 Å². The van der Waals surface area contributed by atoms with Gasteiger partial charge in [0.05, 0.1) is 12.0 Å². The largest absolute Gasteiger partial charge is 0.490 e. The van der Waals surface area contributed by atoms with Crippen molar-refractivity contribution in [3.63, 3.8) is 0 Å². The van der Waals surface area contributed by atoms with E-state index in [9.17, 15) is 14.9 Å². The van der Waals surface area contributed by atoms with Crippen molar-refractivity contribution in [1.29, 1.82) is 0 Å². The lowest BCUT2D eigenvalue weighted by atomic mass is 10.1. The molecule has 1 aliphatic heterocycles. The second-order valence-corrected chi connectivity index (χ2v) is 4.50. The summed E-state index contributed by atoms with van der Waals surface area (Å²) in [4.78, 5) is 22.3. The zero-order chi connectivity index (χ0) is 14.5. The molecular formula is C13H16N2O5. The van der Waals surface area contributed by atoms with E-state index in [4.69, 9.17) is 9.47 Å². The van der Waals surface area contributed by atoms with Crippen LogP contribution in [0.25, 0.3) is 0 Å². The molecule has 0 aromatic heterocycles. The highest BCUT2D eigenvalue weighted by Crippen LogP contribution is 2.27. The van der Waals surface area contributed by atoms with Crippen LogP contribution in [0.2, 0.25) is 0 Å². The van der Waals surface area contributed by atoms with Crippen molar-refractivity contribution in [2.75, 3.05) is 20.3 Å². The van der Waals surface area contributed by atoms with E-state index in [1.807, 2.05) is 0 Å². The van der Waals surface area contributed by atoms with Gasteiger partial charge >= 0.3 is 5.69 Å². The standard InChI is InChI=1S/C13H16N2O5/c1-19-12-8-9(2-3-11(12)15(17)18)13(16)14-10-4-6-20-7-5-10/h2-3,8,10H,4-7H2,1H3,(H,14,16). The van der Waals surface area contributed by atoms with Crippen LogP contribution in [0.4, 0.5) is 5.69 Å². The smallest absolute Gasteiger partial charge is 0.310 e. The minimum absolute atomic E-state index is 0.0784. The number of carbonyl (C=O) groups excluding carboxylic acids is 1. The van der Waals surface area contributed by atoms with Gasteiger partial charge in [-0.2, -0.15) is 0 Å². The Bertz CT molecular complexity index is 511. The number of amides is 1. The zero-order valence-electron chi connectivity index (χ0n) is 11.1. The highest BCUT2D eigenvalue weighted by molar-refractivity contribution is 5.95. The van der Waals surface area contributed by atoms with Gasteiger partial charge in [0.25, 0.3) is 5.91 Å². The highest BCUT2D eigenvalue weighted by Gasteiger charge is 2.20. The summed E-state index contributed by atoms with van der Waals surface area (Å²) in [5, 5.41) is 13.7. The minimum atomic E-state index is -0.543. The minimum Gasteiger partial charge on any atom is -0.490 e. The van der Waals surface area contributed by atoms with Gasteiger partial charge in [-0.3, -0.25) is 14.9 Å². The molecule has 0 aliphatic carbocycles. The highest BCUT2D eigenvalue weighted by atomic mass is 16.6. The monoisotopic (exact) mass is 280 g/mol. The van der Waals surface area contributed by atoms with Gasteiger partial charge in [0.2, 0.25) is 0 Å². The van der Waals surface area contributed by atoms with E-state index in [0.29, 0.717) is 18.8 Å². The first-order valence-electron chi connectivity index (χ1n) is 6.33. The van der Waals surface area contributed by atoms with Gasteiger partial charge in [-0.25, -0.2) is 0 Å². The average Bonchev–Trinajstić information content (AvgIpc) is 2.47. The fraction of sp³-hybridized carbons (Fsp3) is 0.462. The number of ether oxygens (including phenoxy) is 2. The summed E-state index contributed by atoms with van der Waals surface area (Å²) in [6.45, 7) is 1.27. The van der Waals surface area contributed by atoms with Crippen molar-refractivity contribution in [3.05, 3.63) is 33.9 Å². The predicted octanol–water partition coefficient (Wildman–Crippen LogP) is 1.51. The van der Waals surface area contributed by atoms with Gasteiger partial charge in [0.15, 0.2) is 5.75 Å². The summed E-state index contributed by atoms with van der Waals surface area (Å²) in [6, 6.07) is 4.16. The molecule has 1 N–H and O–H groups in total. The van der Waals surface area contributed by atoms with Crippen molar-refractivity contribution in [2.24, 2.45) is 0 Å². The van der Waals surface area contributed by atoms with Crippen LogP contribution in [0.5, 0.6) is 5.75 Å². The van der Waals surface area contributed by atoms with Crippen LogP contribution in [0.1, 0.15) is 23.2 Å². The molecular weight excluding hydrogens is 264 g/mol. The van der Waals surface area contributed by atoms with Crippen LogP contribution in [0, 0.1) is 10.1 Å². The summed E-state index contributed by atoms with van der Waals surface area (Å²) < 4.78 is 10.2. The second-order valence-electron chi connectivity index (χ2n) is 4.50. The molecule has 20 heavy (non-hydrogen) atoms. The van der Waals surface area contributed by atoms with E-state index in [2.05, 4.69) is 5.32 Å². The van der Waals surface area contributed by atoms with Crippen molar-refractivity contribution in [2.45, 2.75) is 18.9 Å². The molecule has 1 amide bonds. The first kappa shape index (κ1) is 14.3. The normalized spacial score (nSPS) is 15.7. The predicted molar refractivity (Wildman–Crippen MR) is 71.0 cm³/mol. The van der Waals surface area contributed by atoms with Gasteiger partial charge in [0.1, 0.15) is 0 Å². The maximum Gasteiger partial charge on any atom is 0.310 e. The lowest BCUT2D eigenvalue weighted by Crippen LogP contribution is -2.38. The first-order chi connectivity index (χ1) is 9.61. The Kier molecular flexibility index (Phi) is 4.52. The molecule has 0 unspecified atom stereocenters. The molecule has 2 rings (SSSR count). The van der Waals surface area contributed by atoms with Crippen LogP contribution in [0.15, 0.2) is 18.2 Å². The van der Waals surface area contributed by atoms with Crippen molar-refractivity contribution in [3.8, 4) is 5.75 Å². The number of hydrogen-bond acceptors (Lipinski definition) is 5. The molecule has 1 fully saturated rings. The number of nitro groups is 1. The molecule has 0 spiro atoms. The van der Waals surface area contributed by atoms with E-state index < -0.39 is 4.92 Å². The van der Waals surface area contributed by atoms with Crippen LogP contribution in [-0.4, -0.2) is 37.2 Å². The lowest BCUT2D eigenvalue weighted by Gasteiger charge is -2.23. The Morgan fingerprint density at radius 2 is 2.15 bits per heavy atom. The number of rotatable bonds is 4. The fourth-order valence-electron chi connectivity index (χ4n) is 2.08. The zero-order valence-corrected chi connectivity index (χ0v) is 11.1. The molecule has 108 valence electrons. The number of nitrogens with zero attached hydrogens (tertiary/aromatic N) is 1. The summed E-state index contributed by atoms with van der Waals surface area (Å²) >= 11 is 0. The third kappa shape index (κ3) is 3.24. The molecule has 7 heteroatoms. The van der Waals surface area contributed by atoms with Crippen LogP contribution >= 0.6 is 0 Å². The average molecular weight is 280 g/mol. The van der Waals surface area contributed by atoms with E-state index >= 15 is 0 Å². The number of nitrogens with one attached hydrogen (secondary N) is 1. The number of hydrogen-bond donors (Lipinski definition) is 1. The molecule has 1 aromatic rings. The Labute approximate surface area is 116 Å². The van der Waals surface area contributed by atoms with E-state index in [0.717, 1.165) is 12.8 Å². The number of methoxy groups -OCH3 is 1. The van der Waals surface area contributed by atoms with Gasteiger partial charge < -0.3 is 14.8 Å². The van der Waals surface area contributed by atoms with Gasteiger partial charge in [0, 0.05) is 37.0 Å². The molecule has 0 atom stereocenters. The second kappa shape index (κ2) is 6.33. The summed E-state index contributed by atoms with van der Waals surface area (Å²) in [5.74, 6) is -0.181. The first-order valence-corrected chi connectivity index (χ1v) is 6.33. The third-order valence-corrected chi connectivity index (χ3v) is 3.20. The quantitative estimate of drug-likeness (QED) is 0.667. The van der Waals surface area contributed by atoms with Crippen molar-refractivity contribution >= 4 is 11.6 Å². The fourth-order valence-corrected chi connectivity index (χ4v) is 2.08. The van der Waals surface area contributed by atoms with Crippen LogP contribution < -0.4 is 10.1 Å². The Balaban J connectivity index is 2.11.